The van der Waals surface area contributed by atoms with Gasteiger partial charge < -0.3 is 10.2 Å². The second-order valence-corrected chi connectivity index (χ2v) is 6.89. The number of fused-ring (bicyclic) bond motifs is 1. The Morgan fingerprint density at radius 3 is 3.21 bits per heavy atom. The molecule has 2 aliphatic rings. The smallest absolute Gasteiger partial charge is 0.0398 e. The Balaban J connectivity index is 1.63. The summed E-state index contributed by atoms with van der Waals surface area (Å²) in [6, 6.07) is 7.67. The van der Waals surface area contributed by atoms with Gasteiger partial charge in [0.2, 0.25) is 0 Å². The molecule has 0 amide bonds. The van der Waals surface area contributed by atoms with Crippen LogP contribution in [0.5, 0.6) is 0 Å². The van der Waals surface area contributed by atoms with E-state index in [2.05, 4.69) is 47.1 Å². The molecular formula is C16H24N2S. The van der Waals surface area contributed by atoms with Gasteiger partial charge in [0.25, 0.3) is 0 Å². The number of hydrogen-bond acceptors (Lipinski definition) is 3. The first-order valence-corrected chi connectivity index (χ1v) is 8.64. The van der Waals surface area contributed by atoms with Crippen molar-refractivity contribution in [3.05, 3.63) is 29.3 Å². The van der Waals surface area contributed by atoms with E-state index in [0.29, 0.717) is 0 Å². The largest absolute Gasteiger partial charge is 0.371 e. The predicted molar refractivity (Wildman–Crippen MR) is 85.4 cm³/mol. The van der Waals surface area contributed by atoms with Gasteiger partial charge in [0.05, 0.1) is 0 Å². The molecule has 3 heteroatoms. The van der Waals surface area contributed by atoms with E-state index in [4.69, 9.17) is 0 Å². The van der Waals surface area contributed by atoms with E-state index >= 15 is 0 Å². The van der Waals surface area contributed by atoms with Gasteiger partial charge in [-0.3, -0.25) is 0 Å². The van der Waals surface area contributed by atoms with E-state index in [9.17, 15) is 0 Å². The molecule has 1 saturated heterocycles. The fraction of sp³-hybridized carbons (Fsp3) is 0.625. The van der Waals surface area contributed by atoms with Gasteiger partial charge in [-0.1, -0.05) is 17.7 Å². The molecule has 0 saturated carbocycles. The van der Waals surface area contributed by atoms with Crippen molar-refractivity contribution in [3.63, 3.8) is 0 Å². The van der Waals surface area contributed by atoms with Gasteiger partial charge in [-0.2, -0.15) is 11.8 Å². The van der Waals surface area contributed by atoms with Gasteiger partial charge in [0.15, 0.2) is 0 Å². The fourth-order valence-corrected chi connectivity index (χ4v) is 4.15. The molecule has 0 aliphatic carbocycles. The maximum absolute atomic E-state index is 3.64. The van der Waals surface area contributed by atoms with Crippen LogP contribution in [0.1, 0.15) is 24.0 Å². The van der Waals surface area contributed by atoms with Crippen LogP contribution in [0.4, 0.5) is 5.69 Å². The standard InChI is InChI=1S/C16H24N2S/c1-13-4-5-16-14(11-13)3-2-8-18(16)9-6-15-12-19-10-7-17-15/h4-5,11,15,17H,2-3,6-10,12H2,1H3. The molecule has 2 nitrogen and oxygen atoms in total. The zero-order valence-electron chi connectivity index (χ0n) is 11.8. The molecule has 1 unspecified atom stereocenters. The Morgan fingerprint density at radius 2 is 2.37 bits per heavy atom. The van der Waals surface area contributed by atoms with Gasteiger partial charge in [-0.15, -0.1) is 0 Å². The zero-order chi connectivity index (χ0) is 13.1. The summed E-state index contributed by atoms with van der Waals surface area (Å²) in [5, 5.41) is 3.64. The minimum Gasteiger partial charge on any atom is -0.371 e. The molecule has 0 radical (unpaired) electrons. The Bertz CT molecular complexity index is 427. The van der Waals surface area contributed by atoms with E-state index in [1.54, 1.807) is 5.56 Å². The first kappa shape index (κ1) is 13.3. The van der Waals surface area contributed by atoms with Gasteiger partial charge in [-0.25, -0.2) is 0 Å². The quantitative estimate of drug-likeness (QED) is 0.914. The van der Waals surface area contributed by atoms with Crippen LogP contribution < -0.4 is 10.2 Å². The van der Waals surface area contributed by atoms with Crippen molar-refractivity contribution in [1.82, 2.24) is 5.32 Å². The monoisotopic (exact) mass is 276 g/mol. The summed E-state index contributed by atoms with van der Waals surface area (Å²) in [6.07, 6.45) is 3.84. The lowest BCUT2D eigenvalue weighted by molar-refractivity contribution is 0.518. The summed E-state index contributed by atoms with van der Waals surface area (Å²) in [4.78, 5) is 2.60. The average molecular weight is 276 g/mol. The van der Waals surface area contributed by atoms with E-state index in [0.717, 1.165) is 6.04 Å². The number of nitrogens with one attached hydrogen (secondary N) is 1. The van der Waals surface area contributed by atoms with Gasteiger partial charge >= 0.3 is 0 Å². The molecule has 19 heavy (non-hydrogen) atoms. The van der Waals surface area contributed by atoms with E-state index in [1.165, 1.54) is 61.7 Å². The van der Waals surface area contributed by atoms with Gasteiger partial charge in [-0.05, 0) is 37.8 Å². The Morgan fingerprint density at radius 1 is 1.42 bits per heavy atom. The highest BCUT2D eigenvalue weighted by Crippen LogP contribution is 2.28. The molecule has 0 spiro atoms. The minimum absolute atomic E-state index is 0.717. The molecular weight excluding hydrogens is 252 g/mol. The first-order chi connectivity index (χ1) is 9.33. The molecule has 0 aromatic heterocycles. The molecule has 2 aliphatic heterocycles. The van der Waals surface area contributed by atoms with Crippen molar-refractivity contribution in [1.29, 1.82) is 0 Å². The van der Waals surface area contributed by atoms with Crippen LogP contribution >= 0.6 is 11.8 Å². The minimum atomic E-state index is 0.717. The molecule has 1 aromatic rings. The number of nitrogens with zero attached hydrogens (tertiary/aromatic N) is 1. The van der Waals surface area contributed by atoms with Crippen molar-refractivity contribution in [2.75, 3.05) is 36.0 Å². The number of thioether (sulfide) groups is 1. The molecule has 104 valence electrons. The van der Waals surface area contributed by atoms with Crippen LogP contribution in [0.25, 0.3) is 0 Å². The second kappa shape index (κ2) is 6.19. The van der Waals surface area contributed by atoms with Crippen molar-refractivity contribution >= 4 is 17.4 Å². The van der Waals surface area contributed by atoms with Gasteiger partial charge in [0, 0.05) is 42.9 Å². The predicted octanol–water partition coefficient (Wildman–Crippen LogP) is 2.84. The van der Waals surface area contributed by atoms with Crippen LogP contribution in [-0.2, 0) is 6.42 Å². The van der Waals surface area contributed by atoms with Gasteiger partial charge in [0.1, 0.15) is 0 Å². The van der Waals surface area contributed by atoms with Crippen LogP contribution in [0.3, 0.4) is 0 Å². The topological polar surface area (TPSA) is 15.3 Å². The number of rotatable bonds is 3. The van der Waals surface area contributed by atoms with E-state index in [1.807, 2.05) is 0 Å². The van der Waals surface area contributed by atoms with Crippen LogP contribution in [0, 0.1) is 6.92 Å². The van der Waals surface area contributed by atoms with Crippen LogP contribution in [0.2, 0.25) is 0 Å². The summed E-state index contributed by atoms with van der Waals surface area (Å²) < 4.78 is 0. The Labute approximate surface area is 121 Å². The molecule has 1 N–H and O–H groups in total. The van der Waals surface area contributed by atoms with Crippen molar-refractivity contribution in [2.24, 2.45) is 0 Å². The van der Waals surface area contributed by atoms with Crippen LogP contribution in [-0.4, -0.2) is 37.2 Å². The Kier molecular flexibility index (Phi) is 4.34. The van der Waals surface area contributed by atoms with Crippen molar-refractivity contribution in [2.45, 2.75) is 32.2 Å². The maximum atomic E-state index is 3.64. The summed E-state index contributed by atoms with van der Waals surface area (Å²) in [7, 11) is 0. The highest BCUT2D eigenvalue weighted by Gasteiger charge is 2.19. The lowest BCUT2D eigenvalue weighted by atomic mass is 9.99. The molecule has 0 bridgehead atoms. The van der Waals surface area contributed by atoms with Crippen molar-refractivity contribution < 1.29 is 0 Å². The molecule has 1 aromatic carbocycles. The van der Waals surface area contributed by atoms with Crippen molar-refractivity contribution in [3.8, 4) is 0 Å². The number of anilines is 1. The highest BCUT2D eigenvalue weighted by molar-refractivity contribution is 7.99. The lowest BCUT2D eigenvalue weighted by Crippen LogP contribution is -2.41. The molecule has 3 rings (SSSR count). The van der Waals surface area contributed by atoms with Crippen LogP contribution in [0.15, 0.2) is 18.2 Å². The SMILES string of the molecule is Cc1ccc2c(c1)CCCN2CCC1CSCCN1. The zero-order valence-corrected chi connectivity index (χ0v) is 12.6. The average Bonchev–Trinajstić information content (AvgIpc) is 2.45. The third-order valence-corrected chi connectivity index (χ3v) is 5.33. The number of aryl methyl sites for hydroxylation is 2. The molecule has 2 heterocycles. The second-order valence-electron chi connectivity index (χ2n) is 5.74. The summed E-state index contributed by atoms with van der Waals surface area (Å²) in [5.41, 5.74) is 4.43. The first-order valence-electron chi connectivity index (χ1n) is 7.48. The van der Waals surface area contributed by atoms with E-state index in [-0.39, 0.29) is 0 Å². The number of benzene rings is 1. The number of hydrogen-bond donors (Lipinski definition) is 1. The Hall–Kier alpha value is -0.670. The third kappa shape index (κ3) is 3.26. The molecule has 1 fully saturated rings. The fourth-order valence-electron chi connectivity index (χ4n) is 3.15. The normalized spacial score (nSPS) is 23.2. The molecule has 1 atom stereocenters. The third-order valence-electron chi connectivity index (χ3n) is 4.20. The van der Waals surface area contributed by atoms with E-state index < -0.39 is 0 Å². The summed E-state index contributed by atoms with van der Waals surface area (Å²) in [6.45, 7) is 5.82. The lowest BCUT2D eigenvalue weighted by Gasteiger charge is -2.33. The summed E-state index contributed by atoms with van der Waals surface area (Å²) >= 11 is 2.10. The highest BCUT2D eigenvalue weighted by atomic mass is 32.2. The maximum Gasteiger partial charge on any atom is 0.0398 e. The summed E-state index contributed by atoms with van der Waals surface area (Å²) in [5.74, 6) is 2.57.